The molecule has 3 aromatic heterocycles. The van der Waals surface area contributed by atoms with Crippen molar-refractivity contribution in [2.75, 3.05) is 48.7 Å². The number of amides is 1. The number of pyridine rings is 1. The van der Waals surface area contributed by atoms with E-state index in [1.54, 1.807) is 16.9 Å². The summed E-state index contributed by atoms with van der Waals surface area (Å²) in [4.78, 5) is 34.0. The molecule has 2 aliphatic rings. The molecule has 13 nitrogen and oxygen atoms in total. The monoisotopic (exact) mass is 503 g/mol. The molecule has 0 bridgehead atoms. The number of hydrogen-bond donors (Lipinski definition) is 2. The second-order valence-electron chi connectivity index (χ2n) is 8.71. The molecule has 37 heavy (non-hydrogen) atoms. The molecule has 0 radical (unpaired) electrons. The summed E-state index contributed by atoms with van der Waals surface area (Å²) in [5.41, 5.74) is 6.95. The third-order valence-electron chi connectivity index (χ3n) is 6.54. The number of para-hydroxylation sites is 1. The lowest BCUT2D eigenvalue weighted by Crippen LogP contribution is -2.52. The highest BCUT2D eigenvalue weighted by atomic mass is 19.1. The van der Waals surface area contributed by atoms with Crippen molar-refractivity contribution < 1.29 is 14.0 Å². The molecule has 1 saturated heterocycles. The minimum Gasteiger partial charge on any atom is -0.382 e. The molecule has 2 aliphatic heterocycles. The Morgan fingerprint density at radius 1 is 1.08 bits per heavy atom. The first kappa shape index (κ1) is 22.6. The maximum absolute atomic E-state index is 14.8. The number of anilines is 3. The van der Waals surface area contributed by atoms with Crippen molar-refractivity contribution in [3.8, 4) is 11.5 Å². The summed E-state index contributed by atoms with van der Waals surface area (Å²) in [6, 6.07) is 11.1. The molecule has 3 N–H and O–H groups in total. The first-order chi connectivity index (χ1) is 18.0. The van der Waals surface area contributed by atoms with Crippen LogP contribution in [0.2, 0.25) is 0 Å². The Balaban J connectivity index is 1.17. The molecule has 188 valence electrons. The van der Waals surface area contributed by atoms with Gasteiger partial charge in [0.05, 0.1) is 23.5 Å². The van der Waals surface area contributed by atoms with E-state index >= 15 is 0 Å². The minimum atomic E-state index is -0.972. The van der Waals surface area contributed by atoms with Gasteiger partial charge in [-0.05, 0) is 22.6 Å². The van der Waals surface area contributed by atoms with Gasteiger partial charge < -0.3 is 20.9 Å². The van der Waals surface area contributed by atoms with Gasteiger partial charge in [0.1, 0.15) is 11.6 Å². The lowest BCUT2D eigenvalue weighted by atomic mass is 9.96. The molecule has 4 aromatic rings. The van der Waals surface area contributed by atoms with E-state index in [-0.39, 0.29) is 17.9 Å². The van der Waals surface area contributed by atoms with E-state index in [1.807, 2.05) is 35.2 Å². The van der Waals surface area contributed by atoms with Crippen LogP contribution in [-0.4, -0.2) is 84.3 Å². The Hall–Kier alpha value is -4.88. The molecule has 6 rings (SSSR count). The molecular formula is C23H22FN11O2. The predicted octanol–water partition coefficient (Wildman–Crippen LogP) is 0.391. The van der Waals surface area contributed by atoms with Crippen LogP contribution in [0.25, 0.3) is 11.5 Å². The number of nitrogens with zero attached hydrogens (tertiary/aromatic N) is 9. The standard InChI is InChI=1S/C23H22FN11O2/c24-16-13-27-21(34-7-6-17(25)29-34)19-18(16)15(12-26-19)20(36)22(37)32-8-10-33(11-9-32)23-28-30-31-35(23)14-4-2-1-3-5-14/h1-7,13,15,26H,8-12H2,(H2,25,29). The summed E-state index contributed by atoms with van der Waals surface area (Å²) < 4.78 is 17.9. The maximum Gasteiger partial charge on any atom is 0.290 e. The first-order valence-corrected chi connectivity index (χ1v) is 11.7. The fourth-order valence-corrected chi connectivity index (χ4v) is 4.70. The van der Waals surface area contributed by atoms with Crippen LogP contribution in [0.1, 0.15) is 11.5 Å². The van der Waals surface area contributed by atoms with Crippen molar-refractivity contribution in [1.82, 2.24) is 39.9 Å². The van der Waals surface area contributed by atoms with Crippen molar-refractivity contribution in [1.29, 1.82) is 0 Å². The number of fused-ring (bicyclic) bond motifs is 1. The smallest absolute Gasteiger partial charge is 0.290 e. The summed E-state index contributed by atoms with van der Waals surface area (Å²) in [6.45, 7) is 1.56. The van der Waals surface area contributed by atoms with Crippen LogP contribution < -0.4 is 16.0 Å². The topological polar surface area (TPSA) is 153 Å². The number of halogens is 1. The molecule has 1 amide bonds. The number of rotatable bonds is 5. The number of nitrogen functional groups attached to an aromatic ring is 1. The Morgan fingerprint density at radius 3 is 2.59 bits per heavy atom. The molecule has 1 atom stereocenters. The number of hydrogen-bond acceptors (Lipinski definition) is 10. The Kier molecular flexibility index (Phi) is 5.47. The SMILES string of the molecule is Nc1ccn(-c2ncc(F)c3c2NCC3C(=O)C(=O)N2CCN(c3nnnn3-c3ccccc3)CC2)n1. The van der Waals surface area contributed by atoms with E-state index in [9.17, 15) is 14.0 Å². The average molecular weight is 504 g/mol. The molecule has 1 fully saturated rings. The Bertz CT molecular complexity index is 1480. The zero-order valence-corrected chi connectivity index (χ0v) is 19.5. The minimum absolute atomic E-state index is 0.0814. The van der Waals surface area contributed by atoms with Crippen molar-refractivity contribution in [2.45, 2.75) is 5.92 Å². The maximum atomic E-state index is 14.8. The largest absolute Gasteiger partial charge is 0.382 e. The number of ketones is 1. The molecule has 0 saturated carbocycles. The Labute approximate surface area is 209 Å². The summed E-state index contributed by atoms with van der Waals surface area (Å²) >= 11 is 0. The van der Waals surface area contributed by atoms with Gasteiger partial charge in [-0.25, -0.2) is 14.1 Å². The average Bonchev–Trinajstić information content (AvgIpc) is 3.69. The third-order valence-corrected chi connectivity index (χ3v) is 6.54. The van der Waals surface area contributed by atoms with Crippen LogP contribution in [0.15, 0.2) is 48.8 Å². The number of tetrazole rings is 1. The van der Waals surface area contributed by atoms with Crippen LogP contribution in [0, 0.1) is 5.82 Å². The van der Waals surface area contributed by atoms with Crippen LogP contribution >= 0.6 is 0 Å². The zero-order chi connectivity index (χ0) is 25.5. The fourth-order valence-electron chi connectivity index (χ4n) is 4.70. The van der Waals surface area contributed by atoms with Gasteiger partial charge in [0.15, 0.2) is 5.82 Å². The molecule has 1 unspecified atom stereocenters. The highest BCUT2D eigenvalue weighted by Gasteiger charge is 2.39. The van der Waals surface area contributed by atoms with Crippen molar-refractivity contribution in [3.63, 3.8) is 0 Å². The third kappa shape index (κ3) is 3.91. The van der Waals surface area contributed by atoms with E-state index in [0.717, 1.165) is 11.9 Å². The number of benzene rings is 1. The van der Waals surface area contributed by atoms with Gasteiger partial charge in [-0.3, -0.25) is 9.59 Å². The number of carbonyl (C=O) groups excluding carboxylic acids is 2. The van der Waals surface area contributed by atoms with Crippen LogP contribution in [0.5, 0.6) is 0 Å². The number of nitrogens with one attached hydrogen (secondary N) is 1. The molecule has 1 aromatic carbocycles. The lowest BCUT2D eigenvalue weighted by molar-refractivity contribution is -0.145. The van der Waals surface area contributed by atoms with Crippen molar-refractivity contribution in [3.05, 3.63) is 60.2 Å². The lowest BCUT2D eigenvalue weighted by Gasteiger charge is -2.34. The van der Waals surface area contributed by atoms with E-state index < -0.39 is 23.4 Å². The number of Topliss-reactive ketones (excluding diaryl/α,β-unsaturated/α-hetero) is 1. The number of nitrogens with two attached hydrogens (primary N) is 1. The van der Waals surface area contributed by atoms with Gasteiger partial charge in [0.25, 0.3) is 5.91 Å². The second kappa shape index (κ2) is 8.96. The number of piperazine rings is 1. The Morgan fingerprint density at radius 2 is 1.86 bits per heavy atom. The molecular weight excluding hydrogens is 481 g/mol. The quantitative estimate of drug-likeness (QED) is 0.366. The van der Waals surface area contributed by atoms with Gasteiger partial charge in [-0.15, -0.1) is 5.10 Å². The molecule has 14 heteroatoms. The van der Waals surface area contributed by atoms with Gasteiger partial charge in [-0.2, -0.15) is 4.68 Å². The normalized spacial score (nSPS) is 16.9. The van der Waals surface area contributed by atoms with Crippen LogP contribution in [0.3, 0.4) is 0 Å². The number of carbonyl (C=O) groups is 2. The van der Waals surface area contributed by atoms with Gasteiger partial charge >= 0.3 is 0 Å². The van der Waals surface area contributed by atoms with Crippen LogP contribution in [-0.2, 0) is 9.59 Å². The molecule has 5 heterocycles. The summed E-state index contributed by atoms with van der Waals surface area (Å²) in [6.07, 6.45) is 2.62. The van der Waals surface area contributed by atoms with E-state index in [1.165, 1.54) is 9.58 Å². The fraction of sp³-hybridized carbons (Fsp3) is 0.261. The first-order valence-electron chi connectivity index (χ1n) is 11.7. The van der Waals surface area contributed by atoms with Gasteiger partial charge in [0.2, 0.25) is 11.7 Å². The van der Waals surface area contributed by atoms with Crippen LogP contribution in [0.4, 0.5) is 21.8 Å². The van der Waals surface area contributed by atoms with Gasteiger partial charge in [0, 0.05) is 50.6 Å². The summed E-state index contributed by atoms with van der Waals surface area (Å²) in [5, 5.41) is 19.1. The molecule has 0 aliphatic carbocycles. The highest BCUT2D eigenvalue weighted by Crippen LogP contribution is 2.37. The van der Waals surface area contributed by atoms with E-state index in [2.05, 4.69) is 30.9 Å². The molecule has 0 spiro atoms. The van der Waals surface area contributed by atoms with Crippen molar-refractivity contribution in [2.24, 2.45) is 0 Å². The van der Waals surface area contributed by atoms with Gasteiger partial charge in [-0.1, -0.05) is 23.3 Å². The second-order valence-corrected chi connectivity index (χ2v) is 8.71. The predicted molar refractivity (Wildman–Crippen MR) is 130 cm³/mol. The zero-order valence-electron chi connectivity index (χ0n) is 19.5. The van der Waals surface area contributed by atoms with E-state index in [0.29, 0.717) is 43.6 Å². The van der Waals surface area contributed by atoms with E-state index in [4.69, 9.17) is 5.73 Å². The van der Waals surface area contributed by atoms with Crippen molar-refractivity contribution >= 4 is 29.1 Å². The summed E-state index contributed by atoms with van der Waals surface area (Å²) in [7, 11) is 0. The number of aromatic nitrogens is 7. The highest BCUT2D eigenvalue weighted by molar-refractivity contribution is 6.38. The summed E-state index contributed by atoms with van der Waals surface area (Å²) in [5.74, 6) is -1.82.